The van der Waals surface area contributed by atoms with Gasteiger partial charge in [-0.25, -0.2) is 4.98 Å². The van der Waals surface area contributed by atoms with Gasteiger partial charge in [-0.2, -0.15) is 8.78 Å². The second-order valence-electron chi connectivity index (χ2n) is 5.92. The van der Waals surface area contributed by atoms with Gasteiger partial charge in [0, 0.05) is 26.0 Å². The Bertz CT molecular complexity index is 974. The zero-order valence-corrected chi connectivity index (χ0v) is 16.5. The van der Waals surface area contributed by atoms with Crippen molar-refractivity contribution in [3.63, 3.8) is 0 Å². The molecule has 0 radical (unpaired) electrons. The Morgan fingerprint density at radius 1 is 1.31 bits per heavy atom. The highest BCUT2D eigenvalue weighted by Gasteiger charge is 2.14. The molecule has 0 aliphatic heterocycles. The number of furan rings is 1. The number of carbonyl (C=O) groups excluding carboxylic acids is 1. The number of hydrogen-bond acceptors (Lipinski definition) is 6. The quantitative estimate of drug-likeness (QED) is 0.527. The minimum absolute atomic E-state index is 0.0709. The van der Waals surface area contributed by atoms with Crippen molar-refractivity contribution < 1.29 is 27.5 Å². The van der Waals surface area contributed by atoms with Crippen LogP contribution >= 0.6 is 11.8 Å². The lowest BCUT2D eigenvalue weighted by atomic mass is 10.2. The third kappa shape index (κ3) is 5.50. The fourth-order valence-corrected chi connectivity index (χ4v) is 3.32. The summed E-state index contributed by atoms with van der Waals surface area (Å²) in [6.07, 6.45) is 3.56. The van der Waals surface area contributed by atoms with E-state index in [1.165, 1.54) is 31.0 Å². The van der Waals surface area contributed by atoms with E-state index in [1.54, 1.807) is 24.4 Å². The average Bonchev–Trinajstić information content (AvgIpc) is 3.33. The fraction of sp³-hybridized carbons (Fsp3) is 0.263. The van der Waals surface area contributed by atoms with E-state index >= 15 is 0 Å². The van der Waals surface area contributed by atoms with Crippen LogP contribution in [0, 0.1) is 0 Å². The molecule has 7 nitrogen and oxygen atoms in total. The van der Waals surface area contributed by atoms with Crippen molar-refractivity contribution in [3.05, 3.63) is 59.8 Å². The van der Waals surface area contributed by atoms with Gasteiger partial charge in [-0.15, -0.1) is 0 Å². The summed E-state index contributed by atoms with van der Waals surface area (Å²) < 4.78 is 41.7. The number of methoxy groups -OCH3 is 1. The number of halogens is 2. The van der Waals surface area contributed by atoms with Crippen molar-refractivity contribution >= 4 is 17.7 Å². The SMILES string of the molecule is COc1cc(CNC(=O)c2ccc(CSc3nccn3C)o2)ccc1OC(F)F. The molecular weight excluding hydrogens is 404 g/mol. The number of alkyl halides is 2. The van der Waals surface area contributed by atoms with Crippen LogP contribution in [0.1, 0.15) is 21.9 Å². The van der Waals surface area contributed by atoms with Crippen LogP contribution in [-0.4, -0.2) is 29.2 Å². The Balaban J connectivity index is 1.55. The van der Waals surface area contributed by atoms with E-state index in [2.05, 4.69) is 15.0 Å². The van der Waals surface area contributed by atoms with Crippen molar-refractivity contribution in [1.82, 2.24) is 14.9 Å². The van der Waals surface area contributed by atoms with Crippen LogP contribution in [0.3, 0.4) is 0 Å². The minimum atomic E-state index is -2.95. The summed E-state index contributed by atoms with van der Waals surface area (Å²) in [4.78, 5) is 16.5. The molecule has 29 heavy (non-hydrogen) atoms. The Morgan fingerprint density at radius 2 is 2.14 bits per heavy atom. The van der Waals surface area contributed by atoms with Crippen molar-refractivity contribution in [3.8, 4) is 11.5 Å². The number of nitrogens with one attached hydrogen (secondary N) is 1. The molecule has 1 N–H and O–H groups in total. The number of ether oxygens (including phenoxy) is 2. The highest BCUT2D eigenvalue weighted by atomic mass is 32.2. The first-order chi connectivity index (χ1) is 14.0. The molecule has 154 valence electrons. The van der Waals surface area contributed by atoms with Crippen LogP contribution in [0.5, 0.6) is 11.5 Å². The Kier molecular flexibility index (Phi) is 6.76. The van der Waals surface area contributed by atoms with Crippen LogP contribution in [0.25, 0.3) is 0 Å². The highest BCUT2D eigenvalue weighted by molar-refractivity contribution is 7.98. The van der Waals surface area contributed by atoms with Gasteiger partial charge in [-0.05, 0) is 29.8 Å². The molecule has 3 rings (SSSR count). The molecule has 0 saturated carbocycles. The van der Waals surface area contributed by atoms with Crippen LogP contribution in [0.15, 0.2) is 52.3 Å². The molecule has 2 aromatic heterocycles. The van der Waals surface area contributed by atoms with Crippen molar-refractivity contribution in [2.45, 2.75) is 24.1 Å². The summed E-state index contributed by atoms with van der Waals surface area (Å²) in [5.41, 5.74) is 0.661. The van der Waals surface area contributed by atoms with Gasteiger partial charge in [-0.3, -0.25) is 4.79 Å². The molecular formula is C19H19F2N3O4S. The number of nitrogens with zero attached hydrogens (tertiary/aromatic N) is 2. The maximum absolute atomic E-state index is 12.4. The van der Waals surface area contributed by atoms with Gasteiger partial charge in [0.25, 0.3) is 5.91 Å². The molecule has 10 heteroatoms. The second-order valence-corrected chi connectivity index (χ2v) is 6.86. The third-order valence-corrected chi connectivity index (χ3v) is 4.98. The number of amides is 1. The number of hydrogen-bond donors (Lipinski definition) is 1. The Morgan fingerprint density at radius 3 is 2.83 bits per heavy atom. The van der Waals surface area contributed by atoms with Crippen LogP contribution in [0.4, 0.5) is 8.78 Å². The average molecular weight is 423 g/mol. The lowest BCUT2D eigenvalue weighted by Gasteiger charge is -2.11. The summed E-state index contributed by atoms with van der Waals surface area (Å²) in [7, 11) is 3.25. The lowest BCUT2D eigenvalue weighted by Crippen LogP contribution is -2.22. The molecule has 0 unspecified atom stereocenters. The number of rotatable bonds is 9. The first kappa shape index (κ1) is 20.7. The van der Waals surface area contributed by atoms with Crippen LogP contribution in [-0.2, 0) is 19.3 Å². The first-order valence-electron chi connectivity index (χ1n) is 8.55. The lowest BCUT2D eigenvalue weighted by molar-refractivity contribution is -0.0512. The van der Waals surface area contributed by atoms with Gasteiger partial charge < -0.3 is 23.8 Å². The maximum Gasteiger partial charge on any atom is 0.387 e. The van der Waals surface area contributed by atoms with E-state index in [1.807, 2.05) is 17.8 Å². The Hall–Kier alpha value is -3.01. The summed E-state index contributed by atoms with van der Waals surface area (Å²) in [5.74, 6) is 1.08. The van der Waals surface area contributed by atoms with Gasteiger partial charge in [0.05, 0.1) is 12.9 Å². The minimum Gasteiger partial charge on any atom is -0.493 e. The number of thioether (sulfide) groups is 1. The molecule has 0 atom stereocenters. The second kappa shape index (κ2) is 9.46. The predicted molar refractivity (Wildman–Crippen MR) is 102 cm³/mol. The van der Waals surface area contributed by atoms with Crippen LogP contribution < -0.4 is 14.8 Å². The topological polar surface area (TPSA) is 78.5 Å². The van der Waals surface area contributed by atoms with E-state index in [-0.39, 0.29) is 29.7 Å². The summed E-state index contributed by atoms with van der Waals surface area (Å²) in [6, 6.07) is 7.80. The Labute approximate surface area is 170 Å². The molecule has 1 aromatic carbocycles. The van der Waals surface area contributed by atoms with Crippen molar-refractivity contribution in [2.24, 2.45) is 7.05 Å². The number of imidazole rings is 1. The third-order valence-electron chi connectivity index (χ3n) is 3.90. The fourth-order valence-electron chi connectivity index (χ4n) is 2.49. The first-order valence-corrected chi connectivity index (χ1v) is 9.53. The standard InChI is InChI=1S/C19H19F2N3O4S/c1-24-8-7-22-19(24)29-11-13-4-6-15(27-13)17(25)23-10-12-3-5-14(28-18(20)21)16(9-12)26-2/h3-9,18H,10-11H2,1-2H3,(H,23,25). The molecule has 0 aliphatic rings. The van der Waals surface area contributed by atoms with E-state index in [9.17, 15) is 13.6 Å². The van der Waals surface area contributed by atoms with E-state index in [4.69, 9.17) is 9.15 Å². The molecule has 3 aromatic rings. The summed E-state index contributed by atoms with van der Waals surface area (Å²) in [6.45, 7) is -2.78. The van der Waals surface area contributed by atoms with Crippen molar-refractivity contribution in [1.29, 1.82) is 0 Å². The van der Waals surface area contributed by atoms with E-state index in [0.717, 1.165) is 5.16 Å². The molecule has 0 fully saturated rings. The zero-order chi connectivity index (χ0) is 20.8. The van der Waals surface area contributed by atoms with Gasteiger partial charge in [-0.1, -0.05) is 17.8 Å². The number of aromatic nitrogens is 2. The molecule has 0 aliphatic carbocycles. The number of benzene rings is 1. The van der Waals surface area contributed by atoms with Gasteiger partial charge in [0.15, 0.2) is 22.4 Å². The van der Waals surface area contributed by atoms with E-state index < -0.39 is 6.61 Å². The molecule has 0 saturated heterocycles. The highest BCUT2D eigenvalue weighted by Crippen LogP contribution is 2.29. The van der Waals surface area contributed by atoms with Gasteiger partial charge in [0.1, 0.15) is 5.76 Å². The van der Waals surface area contributed by atoms with Gasteiger partial charge >= 0.3 is 6.61 Å². The predicted octanol–water partition coefficient (Wildman–Crippen LogP) is 3.85. The number of aryl methyl sites for hydroxylation is 1. The number of carbonyl (C=O) groups is 1. The largest absolute Gasteiger partial charge is 0.493 e. The van der Waals surface area contributed by atoms with Crippen LogP contribution in [0.2, 0.25) is 0 Å². The molecule has 1 amide bonds. The molecule has 2 heterocycles. The molecule has 0 bridgehead atoms. The van der Waals surface area contributed by atoms with E-state index in [0.29, 0.717) is 17.1 Å². The maximum atomic E-state index is 12.4. The van der Waals surface area contributed by atoms with Crippen molar-refractivity contribution in [2.75, 3.05) is 7.11 Å². The monoisotopic (exact) mass is 423 g/mol. The van der Waals surface area contributed by atoms with Gasteiger partial charge in [0.2, 0.25) is 0 Å². The molecule has 0 spiro atoms. The zero-order valence-electron chi connectivity index (χ0n) is 15.7. The normalized spacial score (nSPS) is 10.9. The summed E-state index contributed by atoms with van der Waals surface area (Å²) in [5, 5.41) is 3.57. The smallest absolute Gasteiger partial charge is 0.387 e. The summed E-state index contributed by atoms with van der Waals surface area (Å²) >= 11 is 1.50.